The lowest BCUT2D eigenvalue weighted by Crippen LogP contribution is -3.00. The van der Waals surface area contributed by atoms with Gasteiger partial charge in [0.1, 0.15) is 0 Å². The monoisotopic (exact) mass is 333 g/mol. The molecule has 2 aliphatic carbocycles. The summed E-state index contributed by atoms with van der Waals surface area (Å²) in [6.07, 6.45) is 10.9. The number of hydrogen-bond donors (Lipinski definition) is 0. The largest absolute Gasteiger partial charge is 1.00 e. The molecule has 0 atom stereocenters. The van der Waals surface area contributed by atoms with Crippen LogP contribution < -0.4 is 12.4 Å². The zero-order valence-corrected chi connectivity index (χ0v) is 15.3. The summed E-state index contributed by atoms with van der Waals surface area (Å²) in [6, 6.07) is 2.56. The Kier molecular flexibility index (Phi) is 5.66. The summed E-state index contributed by atoms with van der Waals surface area (Å²) in [4.78, 5) is 5.12. The van der Waals surface area contributed by atoms with Crippen LogP contribution in [0.4, 0.5) is 0 Å². The molecule has 128 valence electrons. The first-order valence-electron chi connectivity index (χ1n) is 9.37. The molecule has 0 bridgehead atoms. The third-order valence-corrected chi connectivity index (χ3v) is 6.10. The molecule has 0 N–H and O–H groups in total. The van der Waals surface area contributed by atoms with Gasteiger partial charge in [-0.05, 0) is 92.8 Å². The Morgan fingerprint density at radius 2 is 1.48 bits per heavy atom. The predicted molar refractivity (Wildman–Crippen MR) is 92.8 cm³/mol. The molecular weight excluding hydrogens is 304 g/mol. The van der Waals surface area contributed by atoms with Crippen molar-refractivity contribution in [1.82, 2.24) is 9.80 Å². The van der Waals surface area contributed by atoms with Gasteiger partial charge in [0.25, 0.3) is 0 Å². The van der Waals surface area contributed by atoms with Crippen molar-refractivity contribution >= 4 is 0 Å². The second-order valence-electron chi connectivity index (χ2n) is 7.59. The number of piperazine rings is 1. The maximum Gasteiger partial charge on any atom is 0.0110 e. The van der Waals surface area contributed by atoms with E-state index in [2.05, 4.69) is 22.9 Å². The van der Waals surface area contributed by atoms with Crippen molar-refractivity contribution in [3.8, 4) is 0 Å². The molecule has 2 nitrogen and oxygen atoms in total. The van der Waals surface area contributed by atoms with Crippen LogP contribution in [-0.2, 0) is 32.1 Å². The summed E-state index contributed by atoms with van der Waals surface area (Å²) in [5.74, 6) is 0. The molecule has 4 rings (SSSR count). The number of benzene rings is 1. The van der Waals surface area contributed by atoms with Crippen molar-refractivity contribution in [3.63, 3.8) is 0 Å². The number of fused-ring (bicyclic) bond motifs is 2. The summed E-state index contributed by atoms with van der Waals surface area (Å²) in [5, 5.41) is 0. The minimum atomic E-state index is 0. The lowest BCUT2D eigenvalue weighted by Gasteiger charge is -2.32. The highest BCUT2D eigenvalue weighted by Gasteiger charge is 2.23. The number of aryl methyl sites for hydroxylation is 2. The van der Waals surface area contributed by atoms with Crippen molar-refractivity contribution in [2.75, 3.05) is 39.8 Å². The van der Waals surface area contributed by atoms with E-state index in [1.165, 1.54) is 84.1 Å². The molecule has 1 aromatic rings. The van der Waals surface area contributed by atoms with Gasteiger partial charge >= 0.3 is 0 Å². The van der Waals surface area contributed by atoms with Gasteiger partial charge < -0.3 is 22.2 Å². The lowest BCUT2D eigenvalue weighted by molar-refractivity contribution is -0.00000458. The molecule has 0 aromatic heterocycles. The van der Waals surface area contributed by atoms with Crippen LogP contribution >= 0.6 is 0 Å². The Morgan fingerprint density at radius 1 is 0.870 bits per heavy atom. The van der Waals surface area contributed by atoms with Crippen LogP contribution in [0.5, 0.6) is 0 Å². The molecule has 23 heavy (non-hydrogen) atoms. The number of rotatable bonds is 4. The average molecular weight is 334 g/mol. The fourth-order valence-corrected chi connectivity index (χ4v) is 4.79. The summed E-state index contributed by atoms with van der Waals surface area (Å²) in [6.45, 7) is 6.32. The third-order valence-electron chi connectivity index (χ3n) is 6.10. The van der Waals surface area contributed by atoms with Gasteiger partial charge in [0.05, 0.1) is 0 Å². The Labute approximate surface area is 147 Å². The van der Waals surface area contributed by atoms with E-state index in [-0.39, 0.29) is 12.4 Å². The molecule has 1 heterocycles. The first-order chi connectivity index (χ1) is 10.8. The normalized spacial score (nSPS) is 21.1. The Morgan fingerprint density at radius 3 is 2.09 bits per heavy atom. The second kappa shape index (κ2) is 7.55. The molecule has 0 saturated carbocycles. The van der Waals surface area contributed by atoms with Crippen molar-refractivity contribution in [1.29, 1.82) is 0 Å². The van der Waals surface area contributed by atoms with Crippen molar-refractivity contribution in [2.45, 2.75) is 51.4 Å². The van der Waals surface area contributed by atoms with E-state index in [0.29, 0.717) is 0 Å². The molecule has 1 aliphatic heterocycles. The lowest BCUT2D eigenvalue weighted by atomic mass is 9.91. The molecule has 0 spiro atoms. The van der Waals surface area contributed by atoms with Gasteiger partial charge in [0.15, 0.2) is 0 Å². The highest BCUT2D eigenvalue weighted by atomic mass is 35.5. The maximum absolute atomic E-state index is 2.67. The Bertz CT molecular complexity index is 515. The van der Waals surface area contributed by atoms with E-state index in [4.69, 9.17) is 0 Å². The number of halogens is 1. The summed E-state index contributed by atoms with van der Waals surface area (Å²) in [5.41, 5.74) is 8.72. The summed E-state index contributed by atoms with van der Waals surface area (Å²) < 4.78 is 0. The quantitative estimate of drug-likeness (QED) is 0.756. The maximum atomic E-state index is 2.67. The molecule has 3 aliphatic rings. The van der Waals surface area contributed by atoms with Gasteiger partial charge in [0.2, 0.25) is 0 Å². The van der Waals surface area contributed by atoms with Gasteiger partial charge in [-0.15, -0.1) is 0 Å². The van der Waals surface area contributed by atoms with E-state index in [1.54, 1.807) is 27.8 Å². The molecule has 0 unspecified atom stereocenters. The van der Waals surface area contributed by atoms with Crippen LogP contribution in [0.1, 0.15) is 47.1 Å². The van der Waals surface area contributed by atoms with Crippen LogP contribution in [0.15, 0.2) is 6.07 Å². The van der Waals surface area contributed by atoms with Crippen molar-refractivity contribution < 1.29 is 12.4 Å². The molecule has 3 heteroatoms. The smallest absolute Gasteiger partial charge is 0.0110 e. The topological polar surface area (TPSA) is 6.48 Å². The first kappa shape index (κ1) is 17.3. The number of nitrogens with zero attached hydrogens (tertiary/aromatic N) is 2. The summed E-state index contributed by atoms with van der Waals surface area (Å²) >= 11 is 0. The van der Waals surface area contributed by atoms with E-state index >= 15 is 0 Å². The standard InChI is InChI=1S/C20H30N2.ClH/c1-21-11-13-22(14-12-21)10-4-9-20-18-7-2-5-16(18)15-17-6-3-8-19(17)20;/h15H,2-14H2,1H3;1H/p-1. The van der Waals surface area contributed by atoms with Crippen LogP contribution in [-0.4, -0.2) is 49.6 Å². The average Bonchev–Trinajstić information content (AvgIpc) is 3.17. The summed E-state index contributed by atoms with van der Waals surface area (Å²) in [7, 11) is 2.24. The Balaban J connectivity index is 0.00000156. The van der Waals surface area contributed by atoms with Crippen LogP contribution in [0.2, 0.25) is 0 Å². The van der Waals surface area contributed by atoms with Crippen LogP contribution in [0, 0.1) is 0 Å². The minimum absolute atomic E-state index is 0. The second-order valence-corrected chi connectivity index (χ2v) is 7.59. The fourth-order valence-electron chi connectivity index (χ4n) is 4.79. The van der Waals surface area contributed by atoms with E-state index in [9.17, 15) is 0 Å². The van der Waals surface area contributed by atoms with Gasteiger partial charge in [-0.2, -0.15) is 0 Å². The molecule has 1 aromatic carbocycles. The molecule has 0 radical (unpaired) electrons. The third kappa shape index (κ3) is 3.60. The van der Waals surface area contributed by atoms with E-state index < -0.39 is 0 Å². The van der Waals surface area contributed by atoms with Gasteiger partial charge in [-0.1, -0.05) is 6.07 Å². The molecule has 1 saturated heterocycles. The molecular formula is C20H30ClN2-. The van der Waals surface area contributed by atoms with Crippen molar-refractivity contribution in [3.05, 3.63) is 33.9 Å². The van der Waals surface area contributed by atoms with Gasteiger partial charge in [-0.25, -0.2) is 0 Å². The molecule has 1 fully saturated rings. The zero-order chi connectivity index (χ0) is 14.9. The van der Waals surface area contributed by atoms with Gasteiger partial charge in [-0.3, -0.25) is 0 Å². The predicted octanol–water partition coefficient (Wildman–Crippen LogP) is -0.152. The highest BCUT2D eigenvalue weighted by molar-refractivity contribution is 5.50. The zero-order valence-electron chi connectivity index (χ0n) is 14.5. The Hall–Kier alpha value is -0.570. The number of hydrogen-bond acceptors (Lipinski definition) is 2. The first-order valence-corrected chi connectivity index (χ1v) is 9.37. The van der Waals surface area contributed by atoms with E-state index in [0.717, 1.165) is 0 Å². The van der Waals surface area contributed by atoms with Crippen LogP contribution in [0.3, 0.4) is 0 Å². The van der Waals surface area contributed by atoms with Crippen molar-refractivity contribution in [2.24, 2.45) is 0 Å². The van der Waals surface area contributed by atoms with Gasteiger partial charge in [0, 0.05) is 26.2 Å². The molecule has 0 amide bonds. The number of likely N-dealkylation sites (N-methyl/N-ethyl adjacent to an activating group) is 1. The minimum Gasteiger partial charge on any atom is -1.00 e. The highest BCUT2D eigenvalue weighted by Crippen LogP contribution is 2.35. The SMILES string of the molecule is CN1CCN(CCCc2c3c(cc4c2CCC4)CCC3)CC1.[Cl-]. The van der Waals surface area contributed by atoms with Crippen LogP contribution in [0.25, 0.3) is 0 Å². The fraction of sp³-hybridized carbons (Fsp3) is 0.700. The van der Waals surface area contributed by atoms with E-state index in [1.807, 2.05) is 0 Å².